The van der Waals surface area contributed by atoms with Crippen molar-refractivity contribution >= 4 is 24.1 Å². The largest absolute Gasteiger partial charge is 0.448 e. The van der Waals surface area contributed by atoms with Crippen molar-refractivity contribution < 1.29 is 14.3 Å². The second-order valence-electron chi connectivity index (χ2n) is 5.44. The summed E-state index contributed by atoms with van der Waals surface area (Å²) in [5.74, 6) is 0.717. The number of hydrogen-bond acceptors (Lipinski definition) is 4. The number of thioether (sulfide) groups is 1. The zero-order valence-electron chi connectivity index (χ0n) is 12.1. The molecule has 0 heterocycles. The minimum atomic E-state index is -0.496. The van der Waals surface area contributed by atoms with Crippen molar-refractivity contribution in [3.05, 3.63) is 35.9 Å². The molecule has 1 aromatic carbocycles. The Hall–Kier alpha value is -1.49. The van der Waals surface area contributed by atoms with Crippen molar-refractivity contribution in [3.63, 3.8) is 0 Å². The third-order valence-corrected chi connectivity index (χ3v) is 3.49. The van der Waals surface area contributed by atoms with Crippen LogP contribution in [0, 0.1) is 0 Å². The Morgan fingerprint density at radius 1 is 1.35 bits per heavy atom. The van der Waals surface area contributed by atoms with Crippen LogP contribution in [0.25, 0.3) is 0 Å². The summed E-state index contributed by atoms with van der Waals surface area (Å²) in [6, 6.07) is 9.87. The first-order valence-electron chi connectivity index (χ1n) is 6.46. The van der Waals surface area contributed by atoms with Crippen LogP contribution in [0.4, 0.5) is 4.79 Å². The molecule has 1 amide bonds. The topological polar surface area (TPSA) is 55.4 Å². The molecule has 0 saturated carbocycles. The first-order chi connectivity index (χ1) is 9.40. The first-order valence-corrected chi connectivity index (χ1v) is 7.51. The maximum atomic E-state index is 11.5. The van der Waals surface area contributed by atoms with E-state index in [9.17, 15) is 9.59 Å². The van der Waals surface area contributed by atoms with Crippen molar-refractivity contribution in [1.82, 2.24) is 5.32 Å². The molecule has 20 heavy (non-hydrogen) atoms. The lowest BCUT2D eigenvalue weighted by molar-refractivity contribution is -0.107. The fourth-order valence-electron chi connectivity index (χ4n) is 1.40. The van der Waals surface area contributed by atoms with E-state index >= 15 is 0 Å². The number of benzene rings is 1. The lowest BCUT2D eigenvalue weighted by Gasteiger charge is -2.20. The van der Waals surface area contributed by atoms with Crippen LogP contribution in [0.1, 0.15) is 26.3 Å². The SMILES string of the molecule is CC(C)(C)NC(=O)OCC(C=O)SCc1ccccc1. The highest BCUT2D eigenvalue weighted by atomic mass is 32.2. The molecule has 0 aliphatic rings. The van der Waals surface area contributed by atoms with E-state index in [0.29, 0.717) is 5.75 Å². The number of carbonyl (C=O) groups is 2. The van der Waals surface area contributed by atoms with Crippen molar-refractivity contribution in [2.75, 3.05) is 6.61 Å². The summed E-state index contributed by atoms with van der Waals surface area (Å²) in [5, 5.41) is 2.34. The van der Waals surface area contributed by atoms with E-state index in [1.165, 1.54) is 11.8 Å². The number of hydrogen-bond donors (Lipinski definition) is 1. The smallest absolute Gasteiger partial charge is 0.407 e. The van der Waals surface area contributed by atoms with E-state index in [1.54, 1.807) is 0 Å². The number of ether oxygens (including phenoxy) is 1. The molecule has 1 rings (SSSR count). The Kier molecular flexibility index (Phi) is 6.58. The monoisotopic (exact) mass is 295 g/mol. The Labute approximate surface area is 124 Å². The maximum absolute atomic E-state index is 11.5. The predicted molar refractivity (Wildman–Crippen MR) is 81.8 cm³/mol. The van der Waals surface area contributed by atoms with Crippen LogP contribution >= 0.6 is 11.8 Å². The van der Waals surface area contributed by atoms with Gasteiger partial charge in [0.2, 0.25) is 0 Å². The van der Waals surface area contributed by atoms with Crippen LogP contribution in [-0.4, -0.2) is 29.8 Å². The number of aldehydes is 1. The van der Waals surface area contributed by atoms with E-state index in [1.807, 2.05) is 51.1 Å². The van der Waals surface area contributed by atoms with Gasteiger partial charge in [-0.1, -0.05) is 30.3 Å². The molecule has 0 bridgehead atoms. The molecule has 1 atom stereocenters. The zero-order chi connectivity index (χ0) is 15.0. The van der Waals surface area contributed by atoms with Gasteiger partial charge < -0.3 is 14.8 Å². The lowest BCUT2D eigenvalue weighted by atomic mass is 10.1. The molecule has 0 radical (unpaired) electrons. The van der Waals surface area contributed by atoms with Gasteiger partial charge >= 0.3 is 6.09 Å². The number of carbonyl (C=O) groups excluding carboxylic acids is 2. The van der Waals surface area contributed by atoms with Crippen LogP contribution < -0.4 is 5.32 Å². The molecule has 1 unspecified atom stereocenters. The molecular formula is C15H21NO3S. The predicted octanol–water partition coefficient (Wildman–Crippen LogP) is 3.01. The van der Waals surface area contributed by atoms with Gasteiger partial charge in [0.1, 0.15) is 12.9 Å². The summed E-state index contributed by atoms with van der Waals surface area (Å²) in [6.45, 7) is 5.70. The minimum absolute atomic E-state index is 0.0862. The average molecular weight is 295 g/mol. The molecule has 110 valence electrons. The van der Waals surface area contributed by atoms with Crippen molar-refractivity contribution in [2.45, 2.75) is 37.3 Å². The second kappa shape index (κ2) is 7.94. The van der Waals surface area contributed by atoms with Crippen LogP contribution in [0.5, 0.6) is 0 Å². The fourth-order valence-corrected chi connectivity index (χ4v) is 2.25. The summed E-state index contributed by atoms with van der Waals surface area (Å²) < 4.78 is 5.06. The maximum Gasteiger partial charge on any atom is 0.407 e. The molecule has 1 N–H and O–H groups in total. The number of alkyl carbamates (subject to hydrolysis) is 1. The Balaban J connectivity index is 2.33. The van der Waals surface area contributed by atoms with Gasteiger partial charge in [0.15, 0.2) is 0 Å². The molecule has 0 saturated heterocycles. The summed E-state index contributed by atoms with van der Waals surface area (Å²) in [6.07, 6.45) is 0.322. The van der Waals surface area contributed by atoms with Gasteiger partial charge in [0.05, 0.1) is 5.25 Å². The molecule has 0 spiro atoms. The van der Waals surface area contributed by atoms with Crippen molar-refractivity contribution in [1.29, 1.82) is 0 Å². The van der Waals surface area contributed by atoms with Gasteiger partial charge in [-0.15, -0.1) is 11.8 Å². The Morgan fingerprint density at radius 2 is 2.00 bits per heavy atom. The van der Waals surface area contributed by atoms with E-state index in [4.69, 9.17) is 4.74 Å². The fraction of sp³-hybridized carbons (Fsp3) is 0.467. The van der Waals surface area contributed by atoms with E-state index in [2.05, 4.69) is 5.32 Å². The normalized spacial score (nSPS) is 12.6. The third kappa shape index (κ3) is 7.19. The van der Waals surface area contributed by atoms with Gasteiger partial charge in [-0.25, -0.2) is 4.79 Å². The highest BCUT2D eigenvalue weighted by Gasteiger charge is 2.16. The van der Waals surface area contributed by atoms with Crippen LogP contribution in [0.2, 0.25) is 0 Å². The van der Waals surface area contributed by atoms with Crippen LogP contribution in [0.3, 0.4) is 0 Å². The van der Waals surface area contributed by atoms with Gasteiger partial charge in [-0.3, -0.25) is 0 Å². The molecule has 4 nitrogen and oxygen atoms in total. The number of amides is 1. The van der Waals surface area contributed by atoms with Crippen molar-refractivity contribution in [3.8, 4) is 0 Å². The standard InChI is InChI=1S/C15H21NO3S/c1-15(2,3)16-14(18)19-10-13(9-17)20-11-12-7-5-4-6-8-12/h4-9,13H,10-11H2,1-3H3,(H,16,18). The molecular weight excluding hydrogens is 274 g/mol. The van der Waals surface area contributed by atoms with Gasteiger partial charge in [0.25, 0.3) is 0 Å². The summed E-state index contributed by atoms with van der Waals surface area (Å²) in [5.41, 5.74) is 0.800. The molecule has 0 aromatic heterocycles. The molecule has 5 heteroatoms. The number of nitrogens with one attached hydrogen (secondary N) is 1. The molecule has 0 aliphatic heterocycles. The first kappa shape index (κ1) is 16.6. The molecule has 0 aliphatic carbocycles. The molecule has 0 fully saturated rings. The van der Waals surface area contributed by atoms with E-state index in [-0.39, 0.29) is 17.4 Å². The minimum Gasteiger partial charge on any atom is -0.448 e. The zero-order valence-corrected chi connectivity index (χ0v) is 12.9. The van der Waals surface area contributed by atoms with Crippen molar-refractivity contribution in [2.24, 2.45) is 0 Å². The lowest BCUT2D eigenvalue weighted by Crippen LogP contribution is -2.41. The third-order valence-electron chi connectivity index (χ3n) is 2.31. The van der Waals surface area contributed by atoms with Crippen LogP contribution in [-0.2, 0) is 15.3 Å². The quantitative estimate of drug-likeness (QED) is 0.820. The Bertz CT molecular complexity index is 428. The average Bonchev–Trinajstić information content (AvgIpc) is 2.38. The summed E-state index contributed by atoms with van der Waals surface area (Å²) in [7, 11) is 0. The summed E-state index contributed by atoms with van der Waals surface area (Å²) in [4.78, 5) is 22.5. The van der Waals surface area contributed by atoms with E-state index < -0.39 is 6.09 Å². The number of rotatable bonds is 6. The highest BCUT2D eigenvalue weighted by molar-refractivity contribution is 7.99. The van der Waals surface area contributed by atoms with Crippen LogP contribution in [0.15, 0.2) is 30.3 Å². The Morgan fingerprint density at radius 3 is 2.55 bits per heavy atom. The molecule has 1 aromatic rings. The van der Waals surface area contributed by atoms with Gasteiger partial charge in [-0.2, -0.15) is 0 Å². The van der Waals surface area contributed by atoms with E-state index in [0.717, 1.165) is 11.8 Å². The highest BCUT2D eigenvalue weighted by Crippen LogP contribution is 2.16. The van der Waals surface area contributed by atoms with Gasteiger partial charge in [0, 0.05) is 11.3 Å². The summed E-state index contributed by atoms with van der Waals surface area (Å²) >= 11 is 1.46. The van der Waals surface area contributed by atoms with Gasteiger partial charge in [-0.05, 0) is 26.3 Å². The second-order valence-corrected chi connectivity index (χ2v) is 6.67.